The third-order valence-electron chi connectivity index (χ3n) is 3.80. The van der Waals surface area contributed by atoms with Crippen molar-refractivity contribution in [1.29, 1.82) is 0 Å². The van der Waals surface area contributed by atoms with Gasteiger partial charge in [-0.15, -0.1) is 11.3 Å². The molecule has 0 amide bonds. The number of nitrogens with one attached hydrogen (secondary N) is 1. The number of nitrogens with two attached hydrogens (primary N) is 1. The number of sulfonamides is 2. The van der Waals surface area contributed by atoms with E-state index in [0.29, 0.717) is 29.1 Å². The van der Waals surface area contributed by atoms with Crippen molar-refractivity contribution in [2.45, 2.75) is 21.4 Å². The molecule has 1 aliphatic rings. The molecule has 0 fully saturated rings. The molecule has 0 radical (unpaired) electrons. The van der Waals surface area contributed by atoms with E-state index in [0.717, 1.165) is 4.31 Å². The first-order chi connectivity index (χ1) is 11.6. The highest BCUT2D eigenvalue weighted by atomic mass is 32.3. The second kappa shape index (κ2) is 6.25. The quantitative estimate of drug-likeness (QED) is 0.697. The minimum absolute atomic E-state index is 0.0583. The Hall–Kier alpha value is -1.66. The summed E-state index contributed by atoms with van der Waals surface area (Å²) in [5.74, 6) is -0.0603. The standard InChI is InChI=1S/C14H17N3O5S3/c1-2-16-12-8-17(9-4-3-5-10(18)6-9)25(21,22)14-11(12)7-13(23-14)24(15,19)20/h3-7,12,16,18H,2,8H2,1H3,(H2,15,19,20). The van der Waals surface area contributed by atoms with Gasteiger partial charge >= 0.3 is 0 Å². The van der Waals surface area contributed by atoms with Crippen molar-refractivity contribution in [3.63, 3.8) is 0 Å². The molecule has 1 aliphatic heterocycles. The maximum atomic E-state index is 13.0. The lowest BCUT2D eigenvalue weighted by molar-refractivity contribution is 0.475. The fourth-order valence-electron chi connectivity index (χ4n) is 2.73. The van der Waals surface area contributed by atoms with Gasteiger partial charge in [-0.1, -0.05) is 13.0 Å². The summed E-state index contributed by atoms with van der Waals surface area (Å²) < 4.78 is 50.2. The normalized spacial score (nSPS) is 19.6. The van der Waals surface area contributed by atoms with E-state index in [-0.39, 0.29) is 20.7 Å². The van der Waals surface area contributed by atoms with Gasteiger partial charge in [0.2, 0.25) is 10.0 Å². The molecule has 1 unspecified atom stereocenters. The van der Waals surface area contributed by atoms with E-state index in [4.69, 9.17) is 5.14 Å². The molecule has 136 valence electrons. The van der Waals surface area contributed by atoms with E-state index in [1.165, 1.54) is 18.2 Å². The number of thiophene rings is 1. The van der Waals surface area contributed by atoms with Crippen LogP contribution >= 0.6 is 11.3 Å². The summed E-state index contributed by atoms with van der Waals surface area (Å²) in [5.41, 5.74) is 0.700. The average Bonchev–Trinajstić information content (AvgIpc) is 2.97. The predicted octanol–water partition coefficient (Wildman–Crippen LogP) is 0.961. The topological polar surface area (TPSA) is 130 Å². The maximum Gasteiger partial charge on any atom is 0.274 e. The first kappa shape index (κ1) is 18.1. The summed E-state index contributed by atoms with van der Waals surface area (Å²) in [7, 11) is -7.97. The monoisotopic (exact) mass is 403 g/mol. The number of nitrogens with zero attached hydrogens (tertiary/aromatic N) is 1. The number of rotatable bonds is 4. The fourth-order valence-corrected chi connectivity index (χ4v) is 6.97. The highest BCUT2D eigenvalue weighted by Crippen LogP contribution is 2.42. The number of phenolic OH excluding ortho intramolecular Hbond substituents is 1. The molecule has 2 heterocycles. The van der Waals surface area contributed by atoms with Crippen LogP contribution in [0, 0.1) is 0 Å². The van der Waals surface area contributed by atoms with Crippen molar-refractivity contribution in [2.75, 3.05) is 17.4 Å². The molecular formula is C14H17N3O5S3. The van der Waals surface area contributed by atoms with Crippen molar-refractivity contribution >= 4 is 37.1 Å². The summed E-state index contributed by atoms with van der Waals surface area (Å²) in [6.07, 6.45) is 0. The Morgan fingerprint density at radius 2 is 2.12 bits per heavy atom. The van der Waals surface area contributed by atoms with Gasteiger partial charge in [-0.05, 0) is 24.7 Å². The highest BCUT2D eigenvalue weighted by molar-refractivity contribution is 7.96. The van der Waals surface area contributed by atoms with E-state index in [2.05, 4.69) is 5.32 Å². The Labute approximate surface area is 150 Å². The lowest BCUT2D eigenvalue weighted by atomic mass is 10.1. The number of hydrogen-bond donors (Lipinski definition) is 3. The first-order valence-electron chi connectivity index (χ1n) is 7.36. The summed E-state index contributed by atoms with van der Waals surface area (Å²) in [4.78, 5) is 0. The molecule has 0 spiro atoms. The zero-order valence-corrected chi connectivity index (χ0v) is 15.7. The van der Waals surface area contributed by atoms with Crippen molar-refractivity contribution < 1.29 is 21.9 Å². The molecule has 0 saturated carbocycles. The summed E-state index contributed by atoms with van der Waals surface area (Å²) >= 11 is 0.636. The molecule has 11 heteroatoms. The smallest absolute Gasteiger partial charge is 0.274 e. The number of benzene rings is 1. The van der Waals surface area contributed by atoms with Gasteiger partial charge in [0.15, 0.2) is 0 Å². The number of likely N-dealkylation sites (N-methyl/N-ethyl adjacent to an activating group) is 1. The molecule has 3 rings (SSSR count). The largest absolute Gasteiger partial charge is 0.508 e. The van der Waals surface area contributed by atoms with Crippen LogP contribution < -0.4 is 14.8 Å². The van der Waals surface area contributed by atoms with Gasteiger partial charge in [-0.2, -0.15) is 0 Å². The number of hydrogen-bond acceptors (Lipinski definition) is 7. The van der Waals surface area contributed by atoms with Crippen LogP contribution in [-0.2, 0) is 20.0 Å². The fraction of sp³-hybridized carbons (Fsp3) is 0.286. The van der Waals surface area contributed by atoms with Crippen LogP contribution in [0.4, 0.5) is 5.69 Å². The number of anilines is 1. The molecule has 0 aliphatic carbocycles. The van der Waals surface area contributed by atoms with Crippen molar-refractivity contribution in [3.05, 3.63) is 35.9 Å². The first-order valence-corrected chi connectivity index (χ1v) is 11.2. The van der Waals surface area contributed by atoms with Gasteiger partial charge in [0.05, 0.1) is 18.3 Å². The van der Waals surface area contributed by atoms with Crippen LogP contribution in [0.5, 0.6) is 5.75 Å². The van der Waals surface area contributed by atoms with E-state index < -0.39 is 26.1 Å². The van der Waals surface area contributed by atoms with E-state index in [9.17, 15) is 21.9 Å². The second-order valence-electron chi connectivity index (χ2n) is 5.52. The summed E-state index contributed by atoms with van der Waals surface area (Å²) in [6.45, 7) is 2.51. The Balaban J connectivity index is 2.19. The predicted molar refractivity (Wildman–Crippen MR) is 94.7 cm³/mol. The molecule has 0 saturated heterocycles. The van der Waals surface area contributed by atoms with Crippen LogP contribution in [0.1, 0.15) is 18.5 Å². The third-order valence-corrected chi connectivity index (χ3v) is 8.69. The summed E-state index contributed by atoms with van der Waals surface area (Å²) in [5, 5.41) is 18.0. The number of primary sulfonamides is 1. The summed E-state index contributed by atoms with van der Waals surface area (Å²) in [6, 6.07) is 6.83. The van der Waals surface area contributed by atoms with Crippen molar-refractivity contribution in [3.8, 4) is 5.75 Å². The van der Waals surface area contributed by atoms with Crippen LogP contribution in [0.3, 0.4) is 0 Å². The lowest BCUT2D eigenvalue weighted by Crippen LogP contribution is -2.43. The molecule has 1 aromatic heterocycles. The lowest BCUT2D eigenvalue weighted by Gasteiger charge is -2.33. The van der Waals surface area contributed by atoms with Crippen LogP contribution in [-0.4, -0.2) is 35.0 Å². The number of fused-ring (bicyclic) bond motifs is 1. The van der Waals surface area contributed by atoms with Gasteiger partial charge in [0.1, 0.15) is 14.2 Å². The second-order valence-corrected chi connectivity index (χ2v) is 10.4. The van der Waals surface area contributed by atoms with Crippen molar-refractivity contribution in [2.24, 2.45) is 5.14 Å². The Kier molecular flexibility index (Phi) is 4.54. The van der Waals surface area contributed by atoms with Gasteiger partial charge < -0.3 is 10.4 Å². The average molecular weight is 404 g/mol. The van der Waals surface area contributed by atoms with Crippen molar-refractivity contribution in [1.82, 2.24) is 5.32 Å². The number of phenols is 1. The number of aromatic hydroxyl groups is 1. The van der Waals surface area contributed by atoms with Gasteiger partial charge in [0, 0.05) is 11.6 Å². The van der Waals surface area contributed by atoms with Gasteiger partial charge in [-0.25, -0.2) is 22.0 Å². The van der Waals surface area contributed by atoms with Crippen LogP contribution in [0.15, 0.2) is 38.8 Å². The molecule has 4 N–H and O–H groups in total. The zero-order chi connectivity index (χ0) is 18.4. The zero-order valence-electron chi connectivity index (χ0n) is 13.2. The van der Waals surface area contributed by atoms with Crippen LogP contribution in [0.25, 0.3) is 0 Å². The third kappa shape index (κ3) is 3.25. The Morgan fingerprint density at radius 3 is 2.72 bits per heavy atom. The van der Waals surface area contributed by atoms with E-state index in [1.54, 1.807) is 12.1 Å². The molecule has 8 nitrogen and oxygen atoms in total. The molecule has 1 atom stereocenters. The Bertz CT molecular complexity index is 1010. The van der Waals surface area contributed by atoms with Crippen LogP contribution in [0.2, 0.25) is 0 Å². The molecule has 1 aromatic carbocycles. The molecule has 0 bridgehead atoms. The minimum Gasteiger partial charge on any atom is -0.508 e. The molecule has 25 heavy (non-hydrogen) atoms. The minimum atomic E-state index is -4.01. The molecular weight excluding hydrogens is 386 g/mol. The SMILES string of the molecule is CCNC1CN(c2cccc(O)c2)S(=O)(=O)c2sc(S(N)(=O)=O)cc21. The van der Waals surface area contributed by atoms with Gasteiger partial charge in [0.25, 0.3) is 10.0 Å². The highest BCUT2D eigenvalue weighted by Gasteiger charge is 2.40. The van der Waals surface area contributed by atoms with E-state index in [1.807, 2.05) is 6.92 Å². The Morgan fingerprint density at radius 1 is 1.40 bits per heavy atom. The van der Waals surface area contributed by atoms with Gasteiger partial charge in [-0.3, -0.25) is 4.31 Å². The van der Waals surface area contributed by atoms with E-state index >= 15 is 0 Å². The molecule has 2 aromatic rings. The maximum absolute atomic E-state index is 13.0.